The molecule has 0 radical (unpaired) electrons. The number of carbonyl (C=O) groups is 1. The molecule has 4 nitrogen and oxygen atoms in total. The van der Waals surface area contributed by atoms with E-state index in [2.05, 4.69) is 0 Å². The Kier molecular flexibility index (Phi) is 4.39. The lowest BCUT2D eigenvalue weighted by atomic mass is 9.99. The van der Waals surface area contributed by atoms with Crippen LogP contribution in [0.5, 0.6) is 11.5 Å². The fourth-order valence-corrected chi connectivity index (χ4v) is 2.59. The lowest BCUT2D eigenvalue weighted by molar-refractivity contribution is 0.0268. The van der Waals surface area contributed by atoms with Crippen LogP contribution < -0.4 is 4.74 Å². The molecular weight excluding hydrogens is 278 g/mol. The molecule has 2 aromatic carbocycles. The number of rotatable bonds is 5. The Morgan fingerprint density at radius 1 is 1.09 bits per heavy atom. The molecule has 0 atom stereocenters. The van der Waals surface area contributed by atoms with Crippen molar-refractivity contribution in [1.29, 1.82) is 0 Å². The van der Waals surface area contributed by atoms with Crippen molar-refractivity contribution >= 4 is 5.91 Å². The molecule has 0 saturated carbocycles. The van der Waals surface area contributed by atoms with Crippen LogP contribution in [-0.2, 0) is 4.74 Å². The minimum absolute atomic E-state index is 0.0129. The number of para-hydroxylation sites is 2. The molecule has 114 valence electrons. The molecule has 22 heavy (non-hydrogen) atoms. The molecule has 1 aliphatic rings. The largest absolute Gasteiger partial charge is 0.457 e. The first-order valence-electron chi connectivity index (χ1n) is 7.38. The van der Waals surface area contributed by atoms with Gasteiger partial charge >= 0.3 is 0 Å². The SMILES string of the molecule is COCC1CN(C(=O)c2ccccc2Oc2ccccc2)C1. The summed E-state index contributed by atoms with van der Waals surface area (Å²) >= 11 is 0. The van der Waals surface area contributed by atoms with Crippen molar-refractivity contribution in [3.63, 3.8) is 0 Å². The van der Waals surface area contributed by atoms with Gasteiger partial charge in [-0.3, -0.25) is 4.79 Å². The van der Waals surface area contributed by atoms with Crippen molar-refractivity contribution in [2.24, 2.45) is 5.92 Å². The number of hydrogen-bond acceptors (Lipinski definition) is 3. The predicted molar refractivity (Wildman–Crippen MR) is 84.2 cm³/mol. The van der Waals surface area contributed by atoms with Crippen LogP contribution in [0.3, 0.4) is 0 Å². The highest BCUT2D eigenvalue weighted by molar-refractivity contribution is 5.97. The van der Waals surface area contributed by atoms with E-state index < -0.39 is 0 Å². The summed E-state index contributed by atoms with van der Waals surface area (Å²) in [6, 6.07) is 16.9. The maximum atomic E-state index is 12.6. The number of likely N-dealkylation sites (tertiary alicyclic amines) is 1. The van der Waals surface area contributed by atoms with Gasteiger partial charge in [-0.05, 0) is 24.3 Å². The maximum absolute atomic E-state index is 12.6. The van der Waals surface area contributed by atoms with Gasteiger partial charge in [-0.1, -0.05) is 30.3 Å². The third kappa shape index (κ3) is 3.12. The summed E-state index contributed by atoms with van der Waals surface area (Å²) in [4.78, 5) is 14.4. The molecule has 1 saturated heterocycles. The Bertz CT molecular complexity index is 636. The van der Waals surface area contributed by atoms with Gasteiger partial charge in [0.05, 0.1) is 12.2 Å². The van der Waals surface area contributed by atoms with Gasteiger partial charge in [0, 0.05) is 26.1 Å². The highest BCUT2D eigenvalue weighted by Crippen LogP contribution is 2.28. The van der Waals surface area contributed by atoms with E-state index in [9.17, 15) is 4.79 Å². The Hall–Kier alpha value is -2.33. The Morgan fingerprint density at radius 2 is 1.77 bits per heavy atom. The molecule has 4 heteroatoms. The van der Waals surface area contributed by atoms with Crippen LogP contribution in [0.25, 0.3) is 0 Å². The van der Waals surface area contributed by atoms with E-state index in [1.165, 1.54) is 0 Å². The molecule has 0 unspecified atom stereocenters. The Labute approximate surface area is 130 Å². The third-order valence-electron chi connectivity index (χ3n) is 3.74. The molecular formula is C18H19NO3. The molecule has 0 N–H and O–H groups in total. The molecule has 0 aliphatic carbocycles. The second-order valence-corrected chi connectivity index (χ2v) is 5.44. The molecule has 0 aromatic heterocycles. The zero-order valence-electron chi connectivity index (χ0n) is 12.6. The normalized spacial score (nSPS) is 14.5. The third-order valence-corrected chi connectivity index (χ3v) is 3.74. The molecule has 1 aliphatic heterocycles. The van der Waals surface area contributed by atoms with Crippen molar-refractivity contribution < 1.29 is 14.3 Å². The van der Waals surface area contributed by atoms with Crippen molar-refractivity contribution in [3.05, 3.63) is 60.2 Å². The van der Waals surface area contributed by atoms with Crippen molar-refractivity contribution in [2.45, 2.75) is 0 Å². The zero-order chi connectivity index (χ0) is 15.4. The van der Waals surface area contributed by atoms with E-state index in [1.54, 1.807) is 7.11 Å². The topological polar surface area (TPSA) is 38.8 Å². The van der Waals surface area contributed by atoms with E-state index in [0.29, 0.717) is 23.8 Å². The number of carbonyl (C=O) groups excluding carboxylic acids is 1. The molecule has 1 fully saturated rings. The average molecular weight is 297 g/mol. The Balaban J connectivity index is 1.73. The van der Waals surface area contributed by atoms with Crippen LogP contribution in [0, 0.1) is 5.92 Å². The number of hydrogen-bond donors (Lipinski definition) is 0. The molecule has 0 spiro atoms. The lowest BCUT2D eigenvalue weighted by Crippen LogP contribution is -2.51. The van der Waals surface area contributed by atoms with Crippen LogP contribution in [-0.4, -0.2) is 37.6 Å². The summed E-state index contributed by atoms with van der Waals surface area (Å²) in [5, 5.41) is 0. The monoisotopic (exact) mass is 297 g/mol. The van der Waals surface area contributed by atoms with Gasteiger partial charge in [0.2, 0.25) is 0 Å². The van der Waals surface area contributed by atoms with Crippen LogP contribution in [0.2, 0.25) is 0 Å². The minimum atomic E-state index is 0.0129. The van der Waals surface area contributed by atoms with Gasteiger partial charge in [-0.2, -0.15) is 0 Å². The number of methoxy groups -OCH3 is 1. The van der Waals surface area contributed by atoms with Crippen molar-refractivity contribution in [3.8, 4) is 11.5 Å². The molecule has 1 amide bonds. The quantitative estimate of drug-likeness (QED) is 0.850. The van der Waals surface area contributed by atoms with Crippen molar-refractivity contribution in [2.75, 3.05) is 26.8 Å². The highest BCUT2D eigenvalue weighted by Gasteiger charge is 2.32. The van der Waals surface area contributed by atoms with Gasteiger partial charge < -0.3 is 14.4 Å². The average Bonchev–Trinajstić information content (AvgIpc) is 2.51. The second-order valence-electron chi connectivity index (χ2n) is 5.44. The number of benzene rings is 2. The van der Waals surface area contributed by atoms with Gasteiger partial charge in [-0.15, -0.1) is 0 Å². The fourth-order valence-electron chi connectivity index (χ4n) is 2.59. The number of ether oxygens (including phenoxy) is 2. The molecule has 1 heterocycles. The summed E-state index contributed by atoms with van der Waals surface area (Å²) in [5.74, 6) is 1.77. The van der Waals surface area contributed by atoms with E-state index >= 15 is 0 Å². The highest BCUT2D eigenvalue weighted by atomic mass is 16.5. The zero-order valence-corrected chi connectivity index (χ0v) is 12.6. The molecule has 3 rings (SSSR count). The van der Waals surface area contributed by atoms with Gasteiger partial charge in [-0.25, -0.2) is 0 Å². The maximum Gasteiger partial charge on any atom is 0.257 e. The fraction of sp³-hybridized carbons (Fsp3) is 0.278. The number of amides is 1. The first-order chi connectivity index (χ1) is 10.8. The smallest absolute Gasteiger partial charge is 0.257 e. The molecule has 0 bridgehead atoms. The van der Waals surface area contributed by atoms with Crippen LogP contribution in [0.1, 0.15) is 10.4 Å². The van der Waals surface area contributed by atoms with E-state index in [0.717, 1.165) is 18.8 Å². The summed E-state index contributed by atoms with van der Waals surface area (Å²) in [5.41, 5.74) is 0.599. The summed E-state index contributed by atoms with van der Waals surface area (Å²) < 4.78 is 11.0. The second kappa shape index (κ2) is 6.62. The molecule has 2 aromatic rings. The van der Waals surface area contributed by atoms with Crippen LogP contribution in [0.4, 0.5) is 0 Å². The summed E-state index contributed by atoms with van der Waals surface area (Å²) in [6.45, 7) is 2.19. The standard InChI is InChI=1S/C18H19NO3/c1-21-13-14-11-19(12-14)18(20)16-9-5-6-10-17(16)22-15-7-3-2-4-8-15/h2-10,14H,11-13H2,1H3. The van der Waals surface area contributed by atoms with Crippen LogP contribution in [0.15, 0.2) is 54.6 Å². The predicted octanol–water partition coefficient (Wildman–Crippen LogP) is 3.20. The van der Waals surface area contributed by atoms with E-state index in [-0.39, 0.29) is 5.91 Å². The summed E-state index contributed by atoms with van der Waals surface area (Å²) in [7, 11) is 1.69. The van der Waals surface area contributed by atoms with Gasteiger partial charge in [0.1, 0.15) is 11.5 Å². The summed E-state index contributed by atoms with van der Waals surface area (Å²) in [6.07, 6.45) is 0. The number of nitrogens with zero attached hydrogens (tertiary/aromatic N) is 1. The van der Waals surface area contributed by atoms with Crippen molar-refractivity contribution in [1.82, 2.24) is 4.90 Å². The van der Waals surface area contributed by atoms with E-state index in [4.69, 9.17) is 9.47 Å². The van der Waals surface area contributed by atoms with Gasteiger partial charge in [0.15, 0.2) is 0 Å². The van der Waals surface area contributed by atoms with Crippen LogP contribution >= 0.6 is 0 Å². The minimum Gasteiger partial charge on any atom is -0.457 e. The lowest BCUT2D eigenvalue weighted by Gasteiger charge is -2.39. The van der Waals surface area contributed by atoms with E-state index in [1.807, 2.05) is 59.5 Å². The first-order valence-corrected chi connectivity index (χ1v) is 7.38. The Morgan fingerprint density at radius 3 is 2.50 bits per heavy atom. The van der Waals surface area contributed by atoms with Gasteiger partial charge in [0.25, 0.3) is 5.91 Å². The first kappa shape index (κ1) is 14.6.